The van der Waals surface area contributed by atoms with Crippen LogP contribution < -0.4 is 16.0 Å². The number of fused-ring (bicyclic) bond motifs is 2. The molecule has 0 radical (unpaired) electrons. The number of carbonyl (C=O) groups excluding carboxylic acids is 1. The van der Waals surface area contributed by atoms with E-state index in [1.165, 1.54) is 4.88 Å². The highest BCUT2D eigenvalue weighted by atomic mass is 32.1. The highest BCUT2D eigenvalue weighted by Crippen LogP contribution is 2.52. The minimum Gasteiger partial charge on any atom is -0.401 e. The van der Waals surface area contributed by atoms with Gasteiger partial charge in [0.1, 0.15) is 11.8 Å². The second-order valence-electron chi connectivity index (χ2n) is 9.80. The van der Waals surface area contributed by atoms with Crippen LogP contribution in [0.3, 0.4) is 0 Å². The first-order chi connectivity index (χ1) is 16.5. The third-order valence-electron chi connectivity index (χ3n) is 7.76. The van der Waals surface area contributed by atoms with Gasteiger partial charge in [-0.05, 0) is 77.0 Å². The van der Waals surface area contributed by atoms with Crippen LogP contribution in [0.1, 0.15) is 76.8 Å². The van der Waals surface area contributed by atoms with E-state index < -0.39 is 5.41 Å². The topological polar surface area (TPSA) is 108 Å². The molecule has 0 saturated carbocycles. The average molecular weight is 477 g/mol. The summed E-state index contributed by atoms with van der Waals surface area (Å²) < 4.78 is 0. The van der Waals surface area contributed by atoms with Crippen molar-refractivity contribution in [1.82, 2.24) is 15.3 Å². The molecule has 1 spiro atoms. The Balaban J connectivity index is 1.54. The summed E-state index contributed by atoms with van der Waals surface area (Å²) in [6.45, 7) is 6.87. The maximum Gasteiger partial charge on any atom is 0.226 e. The molecule has 2 atom stereocenters. The fourth-order valence-electron chi connectivity index (χ4n) is 6.06. The Kier molecular flexibility index (Phi) is 6.17. The molecular weight excluding hydrogens is 444 g/mol. The number of nitrogens with two attached hydrogens (primary N) is 1. The number of nitrogens with one attached hydrogen (secondary N) is 1. The van der Waals surface area contributed by atoms with Gasteiger partial charge in [-0.2, -0.15) is 5.26 Å². The van der Waals surface area contributed by atoms with E-state index in [-0.39, 0.29) is 11.8 Å². The van der Waals surface area contributed by atoms with Gasteiger partial charge in [0, 0.05) is 51.8 Å². The molecule has 2 aromatic heterocycles. The zero-order chi connectivity index (χ0) is 23.9. The van der Waals surface area contributed by atoms with Crippen molar-refractivity contribution in [2.24, 2.45) is 5.73 Å². The highest BCUT2D eigenvalue weighted by molar-refractivity contribution is 7.12. The van der Waals surface area contributed by atoms with Crippen molar-refractivity contribution in [1.29, 1.82) is 5.26 Å². The van der Waals surface area contributed by atoms with E-state index in [9.17, 15) is 10.1 Å². The van der Waals surface area contributed by atoms with Crippen molar-refractivity contribution in [2.45, 2.75) is 70.3 Å². The molecule has 1 aliphatic heterocycles. The fraction of sp³-hybridized carbons (Fsp3) is 0.538. The van der Waals surface area contributed by atoms with Gasteiger partial charge in [0.15, 0.2) is 0 Å². The number of nitriles is 1. The van der Waals surface area contributed by atoms with Crippen molar-refractivity contribution in [2.75, 3.05) is 24.5 Å². The number of carbonyl (C=O) groups is 1. The lowest BCUT2D eigenvalue weighted by Crippen LogP contribution is -2.41. The van der Waals surface area contributed by atoms with Crippen molar-refractivity contribution >= 4 is 23.1 Å². The number of anilines is 1. The zero-order valence-corrected chi connectivity index (χ0v) is 20.8. The molecule has 5 rings (SSSR count). The van der Waals surface area contributed by atoms with Crippen LogP contribution in [0.5, 0.6) is 0 Å². The van der Waals surface area contributed by atoms with Gasteiger partial charge in [0.05, 0.1) is 5.56 Å². The summed E-state index contributed by atoms with van der Waals surface area (Å²) in [4.78, 5) is 27.5. The molecular formula is C26H32N6OS. The molecule has 3 aliphatic rings. The molecule has 8 heteroatoms. The molecule has 7 nitrogen and oxygen atoms in total. The number of aromatic nitrogens is 2. The first kappa shape index (κ1) is 23.0. The largest absolute Gasteiger partial charge is 0.401 e. The molecule has 0 aromatic carbocycles. The van der Waals surface area contributed by atoms with E-state index in [1.807, 2.05) is 6.92 Å². The second kappa shape index (κ2) is 9.12. The Morgan fingerprint density at radius 2 is 2.12 bits per heavy atom. The third-order valence-corrected chi connectivity index (χ3v) is 8.92. The number of nitrogens with zero attached hydrogens (tertiary/aromatic N) is 4. The van der Waals surface area contributed by atoms with Crippen LogP contribution in [0, 0.1) is 18.3 Å². The van der Waals surface area contributed by atoms with Crippen LogP contribution in [-0.2, 0) is 11.8 Å². The molecule has 1 fully saturated rings. The molecule has 0 bridgehead atoms. The number of ketones is 1. The van der Waals surface area contributed by atoms with Crippen molar-refractivity contribution < 1.29 is 4.79 Å². The molecule has 0 amide bonds. The van der Waals surface area contributed by atoms with Crippen molar-refractivity contribution in [3.05, 3.63) is 50.1 Å². The summed E-state index contributed by atoms with van der Waals surface area (Å²) >= 11 is 1.72. The van der Waals surface area contributed by atoms with E-state index >= 15 is 0 Å². The molecule has 3 N–H and O–H groups in total. The predicted molar refractivity (Wildman–Crippen MR) is 134 cm³/mol. The fourth-order valence-corrected chi connectivity index (χ4v) is 7.32. The SMILES string of the molecule is Cc1sc2c(c1C#N)[C@]1(CCCC(C(=O)c3ccnc(N4CCCNC[C@@H]4C)n3)=C1N)CCC2. The molecule has 1 saturated heterocycles. The average Bonchev–Trinajstić information content (AvgIpc) is 3.03. The molecule has 34 heavy (non-hydrogen) atoms. The second-order valence-corrected chi connectivity index (χ2v) is 11.1. The highest BCUT2D eigenvalue weighted by Gasteiger charge is 2.46. The van der Waals surface area contributed by atoms with Gasteiger partial charge in [0.25, 0.3) is 0 Å². The Hall–Kier alpha value is -2.76. The Bertz CT molecular complexity index is 1190. The number of rotatable bonds is 3. The Morgan fingerprint density at radius 1 is 1.32 bits per heavy atom. The van der Waals surface area contributed by atoms with Gasteiger partial charge in [0.2, 0.25) is 11.7 Å². The number of aryl methyl sites for hydroxylation is 2. The number of Topliss-reactive ketones (excluding diaryl/α,β-unsaturated/α-hetero) is 1. The van der Waals surface area contributed by atoms with E-state index in [0.29, 0.717) is 29.3 Å². The van der Waals surface area contributed by atoms with Gasteiger partial charge in [-0.1, -0.05) is 0 Å². The number of hydrogen-bond donors (Lipinski definition) is 2. The lowest BCUT2D eigenvalue weighted by molar-refractivity contribution is 0.101. The third kappa shape index (κ3) is 3.71. The van der Waals surface area contributed by atoms with Gasteiger partial charge < -0.3 is 16.0 Å². The maximum absolute atomic E-state index is 13.8. The van der Waals surface area contributed by atoms with E-state index in [2.05, 4.69) is 28.2 Å². The first-order valence-corrected chi connectivity index (χ1v) is 13.1. The summed E-state index contributed by atoms with van der Waals surface area (Å²) in [5.74, 6) is 0.505. The summed E-state index contributed by atoms with van der Waals surface area (Å²) in [5.41, 5.74) is 10.1. The standard InChI is InChI=1S/C26H32N6OS/c1-16-15-29-11-5-13-32(16)25-30-12-8-20(31-25)23(33)18-6-3-9-26(24(18)28)10-4-7-21-22(26)19(14-27)17(2)34-21/h8,12,16,29H,3-7,9-11,13,15,28H2,1-2H3/t16-,26-/m0/s1. The molecule has 2 aliphatic carbocycles. The number of thiophene rings is 1. The van der Waals surface area contributed by atoms with Crippen LogP contribution in [0.4, 0.5) is 5.95 Å². The van der Waals surface area contributed by atoms with E-state index in [1.54, 1.807) is 23.6 Å². The van der Waals surface area contributed by atoms with Crippen LogP contribution in [0.25, 0.3) is 0 Å². The van der Waals surface area contributed by atoms with E-state index in [4.69, 9.17) is 10.7 Å². The van der Waals surface area contributed by atoms with Crippen LogP contribution in [-0.4, -0.2) is 41.4 Å². The molecule has 0 unspecified atom stereocenters. The van der Waals surface area contributed by atoms with Gasteiger partial charge in [-0.15, -0.1) is 11.3 Å². The summed E-state index contributed by atoms with van der Waals surface area (Å²) in [5, 5.41) is 13.4. The minimum atomic E-state index is -0.409. The number of hydrogen-bond acceptors (Lipinski definition) is 8. The van der Waals surface area contributed by atoms with E-state index in [0.717, 1.165) is 74.2 Å². The van der Waals surface area contributed by atoms with Crippen molar-refractivity contribution in [3.63, 3.8) is 0 Å². The van der Waals surface area contributed by atoms with Gasteiger partial charge >= 0.3 is 0 Å². The molecule has 3 heterocycles. The summed E-state index contributed by atoms with van der Waals surface area (Å²) in [6.07, 6.45) is 8.02. The lowest BCUT2D eigenvalue weighted by atomic mass is 9.62. The first-order valence-electron chi connectivity index (χ1n) is 12.3. The number of allylic oxidation sites excluding steroid dienone is 2. The Labute approximate surface area is 205 Å². The van der Waals surface area contributed by atoms with Crippen LogP contribution >= 0.6 is 11.3 Å². The van der Waals surface area contributed by atoms with Gasteiger partial charge in [-0.3, -0.25) is 4.79 Å². The predicted octanol–water partition coefficient (Wildman–Crippen LogP) is 3.76. The lowest BCUT2D eigenvalue weighted by Gasteiger charge is -2.42. The normalized spacial score (nSPS) is 25.1. The smallest absolute Gasteiger partial charge is 0.226 e. The van der Waals surface area contributed by atoms with Crippen LogP contribution in [0.15, 0.2) is 23.5 Å². The monoisotopic (exact) mass is 476 g/mol. The van der Waals surface area contributed by atoms with Gasteiger partial charge in [-0.25, -0.2) is 9.97 Å². The summed E-state index contributed by atoms with van der Waals surface area (Å²) in [7, 11) is 0. The summed E-state index contributed by atoms with van der Waals surface area (Å²) in [6, 6.07) is 4.40. The van der Waals surface area contributed by atoms with Crippen LogP contribution in [0.2, 0.25) is 0 Å². The zero-order valence-electron chi connectivity index (χ0n) is 20.0. The minimum absolute atomic E-state index is 0.0987. The Morgan fingerprint density at radius 3 is 2.91 bits per heavy atom. The molecule has 2 aromatic rings. The van der Waals surface area contributed by atoms with Crippen molar-refractivity contribution in [3.8, 4) is 6.07 Å². The quantitative estimate of drug-likeness (QED) is 0.649. The molecule has 178 valence electrons. The maximum atomic E-state index is 13.8.